The third kappa shape index (κ3) is 5.58. The lowest BCUT2D eigenvalue weighted by molar-refractivity contribution is 0.322. The Bertz CT molecular complexity index is 721. The van der Waals surface area contributed by atoms with Crippen LogP contribution in [0.5, 0.6) is 5.75 Å². The summed E-state index contributed by atoms with van der Waals surface area (Å²) in [6.07, 6.45) is 10.5. The van der Waals surface area contributed by atoms with E-state index in [1.54, 1.807) is 25.1 Å². The molecule has 0 bridgehead atoms. The topological polar surface area (TPSA) is 39.4 Å². The largest absolute Gasteiger partial charge is 0.491 e. The van der Waals surface area contributed by atoms with Gasteiger partial charge in [0, 0.05) is 6.42 Å². The van der Waals surface area contributed by atoms with E-state index in [-0.39, 0.29) is 11.1 Å². The molecule has 0 amide bonds. The van der Waals surface area contributed by atoms with Crippen LogP contribution in [-0.4, -0.2) is 6.61 Å². The van der Waals surface area contributed by atoms with Crippen LogP contribution >= 0.6 is 0 Å². The number of rotatable bonds is 11. The van der Waals surface area contributed by atoms with Crippen LogP contribution in [0.3, 0.4) is 0 Å². The second kappa shape index (κ2) is 10.2. The summed E-state index contributed by atoms with van der Waals surface area (Å²) in [5, 5.41) is 0.553. The molecule has 138 valence electrons. The fourth-order valence-corrected chi connectivity index (χ4v) is 3.10. The minimum atomic E-state index is -0.633. The molecule has 0 atom stereocenters. The van der Waals surface area contributed by atoms with Crippen molar-refractivity contribution in [2.45, 2.75) is 71.6 Å². The van der Waals surface area contributed by atoms with Crippen molar-refractivity contribution in [2.24, 2.45) is 0 Å². The standard InChI is InChI=1S/C21H29FO3/c1-3-5-6-7-8-9-10-11-12-17-15-16-13-14-18(24-4-2)20(22)19(16)21(23)25-17/h13-15H,3-12H2,1-2H3. The van der Waals surface area contributed by atoms with Gasteiger partial charge in [0.25, 0.3) is 0 Å². The van der Waals surface area contributed by atoms with E-state index in [0.717, 1.165) is 19.3 Å². The van der Waals surface area contributed by atoms with Crippen molar-refractivity contribution in [2.75, 3.05) is 6.61 Å². The van der Waals surface area contributed by atoms with Crippen LogP contribution in [0.4, 0.5) is 4.39 Å². The fourth-order valence-electron chi connectivity index (χ4n) is 3.10. The SMILES string of the molecule is CCCCCCCCCCc1cc2ccc(OCC)c(F)c2c(=O)o1. The van der Waals surface area contributed by atoms with Crippen LogP contribution in [0.15, 0.2) is 27.4 Å². The Balaban J connectivity index is 1.92. The number of unbranched alkanes of at least 4 members (excludes halogenated alkanes) is 7. The zero-order valence-corrected chi connectivity index (χ0v) is 15.4. The lowest BCUT2D eigenvalue weighted by atomic mass is 10.1. The summed E-state index contributed by atoms with van der Waals surface area (Å²) in [6.45, 7) is 4.35. The Kier molecular flexibility index (Phi) is 7.96. The minimum Gasteiger partial charge on any atom is -0.491 e. The Morgan fingerprint density at radius 1 is 1.00 bits per heavy atom. The van der Waals surface area contributed by atoms with Crippen molar-refractivity contribution in [1.82, 2.24) is 0 Å². The number of fused-ring (bicyclic) bond motifs is 1. The second-order valence-electron chi connectivity index (χ2n) is 6.50. The molecular weight excluding hydrogens is 319 g/mol. The number of ether oxygens (including phenoxy) is 1. The van der Waals surface area contributed by atoms with E-state index in [1.165, 1.54) is 38.5 Å². The molecule has 0 unspecified atom stereocenters. The average Bonchev–Trinajstić information content (AvgIpc) is 2.59. The third-order valence-corrected chi connectivity index (χ3v) is 4.46. The van der Waals surface area contributed by atoms with Crippen molar-refractivity contribution < 1.29 is 13.5 Å². The van der Waals surface area contributed by atoms with E-state index in [0.29, 0.717) is 17.8 Å². The van der Waals surface area contributed by atoms with Crippen molar-refractivity contribution >= 4 is 10.8 Å². The summed E-state index contributed by atoms with van der Waals surface area (Å²) in [5.74, 6) is 0.0943. The predicted molar refractivity (Wildman–Crippen MR) is 99.9 cm³/mol. The van der Waals surface area contributed by atoms with Crippen molar-refractivity contribution in [1.29, 1.82) is 0 Å². The first kappa shape index (κ1) is 19.5. The van der Waals surface area contributed by atoms with Gasteiger partial charge in [0.05, 0.1) is 6.61 Å². The van der Waals surface area contributed by atoms with Gasteiger partial charge < -0.3 is 9.15 Å². The molecule has 0 fully saturated rings. The summed E-state index contributed by atoms with van der Waals surface area (Å²) in [5.41, 5.74) is -0.619. The molecule has 0 radical (unpaired) electrons. The zero-order valence-electron chi connectivity index (χ0n) is 15.4. The minimum absolute atomic E-state index is 0.0226. The van der Waals surface area contributed by atoms with Gasteiger partial charge in [0.15, 0.2) is 11.6 Å². The van der Waals surface area contributed by atoms with Crippen molar-refractivity contribution in [3.63, 3.8) is 0 Å². The van der Waals surface area contributed by atoms with Gasteiger partial charge >= 0.3 is 5.63 Å². The molecule has 1 aromatic carbocycles. The molecule has 0 aliphatic heterocycles. The highest BCUT2D eigenvalue weighted by atomic mass is 19.1. The molecule has 25 heavy (non-hydrogen) atoms. The molecule has 2 aromatic rings. The number of halogens is 1. The van der Waals surface area contributed by atoms with Gasteiger partial charge in [0.1, 0.15) is 11.1 Å². The summed E-state index contributed by atoms with van der Waals surface area (Å²) in [4.78, 5) is 12.2. The quantitative estimate of drug-likeness (QED) is 0.467. The molecule has 0 saturated heterocycles. The lowest BCUT2D eigenvalue weighted by Gasteiger charge is -2.07. The van der Waals surface area contributed by atoms with E-state index in [4.69, 9.17) is 9.15 Å². The maximum atomic E-state index is 14.3. The van der Waals surface area contributed by atoms with E-state index in [1.807, 2.05) is 0 Å². The van der Waals surface area contributed by atoms with Gasteiger partial charge in [-0.15, -0.1) is 0 Å². The summed E-state index contributed by atoms with van der Waals surface area (Å²) in [7, 11) is 0. The molecule has 2 rings (SSSR count). The monoisotopic (exact) mass is 348 g/mol. The van der Waals surface area contributed by atoms with Gasteiger partial charge in [-0.3, -0.25) is 0 Å². The van der Waals surface area contributed by atoms with Crippen LogP contribution in [0, 0.1) is 5.82 Å². The Morgan fingerprint density at radius 2 is 1.68 bits per heavy atom. The fraction of sp³-hybridized carbons (Fsp3) is 0.571. The molecule has 3 nitrogen and oxygen atoms in total. The van der Waals surface area contributed by atoms with Crippen LogP contribution < -0.4 is 10.4 Å². The Hall–Kier alpha value is -1.84. The van der Waals surface area contributed by atoms with Gasteiger partial charge in [-0.05, 0) is 30.9 Å². The summed E-state index contributed by atoms with van der Waals surface area (Å²) >= 11 is 0. The van der Waals surface area contributed by atoms with E-state index in [9.17, 15) is 9.18 Å². The highest BCUT2D eigenvalue weighted by Gasteiger charge is 2.14. The number of hydrogen-bond donors (Lipinski definition) is 0. The molecule has 0 aliphatic carbocycles. The van der Waals surface area contributed by atoms with E-state index >= 15 is 0 Å². The average molecular weight is 348 g/mol. The summed E-state index contributed by atoms with van der Waals surface area (Å²) in [6, 6.07) is 5.06. The van der Waals surface area contributed by atoms with Crippen LogP contribution in [0.1, 0.15) is 71.0 Å². The molecule has 1 aromatic heterocycles. The highest BCUT2D eigenvalue weighted by molar-refractivity contribution is 5.83. The third-order valence-electron chi connectivity index (χ3n) is 4.46. The van der Waals surface area contributed by atoms with Crippen LogP contribution in [0.2, 0.25) is 0 Å². The van der Waals surface area contributed by atoms with E-state index in [2.05, 4.69) is 6.92 Å². The Morgan fingerprint density at radius 3 is 2.36 bits per heavy atom. The summed E-state index contributed by atoms with van der Waals surface area (Å²) < 4.78 is 24.9. The van der Waals surface area contributed by atoms with Gasteiger partial charge in [-0.1, -0.05) is 57.9 Å². The smallest absolute Gasteiger partial charge is 0.346 e. The lowest BCUT2D eigenvalue weighted by Crippen LogP contribution is -2.06. The molecule has 0 N–H and O–H groups in total. The molecule has 4 heteroatoms. The Labute approximate surface area is 149 Å². The molecule has 0 aliphatic rings. The number of benzene rings is 1. The van der Waals surface area contributed by atoms with Crippen molar-refractivity contribution in [3.8, 4) is 5.75 Å². The molecule has 0 saturated carbocycles. The number of hydrogen-bond acceptors (Lipinski definition) is 3. The first-order valence-electron chi connectivity index (χ1n) is 9.55. The van der Waals surface area contributed by atoms with E-state index < -0.39 is 11.4 Å². The maximum Gasteiger partial charge on any atom is 0.346 e. The predicted octanol–water partition coefficient (Wildman–Crippen LogP) is 6.01. The molecular formula is C21H29FO3. The van der Waals surface area contributed by atoms with Gasteiger partial charge in [-0.25, -0.2) is 9.18 Å². The van der Waals surface area contributed by atoms with Crippen LogP contribution in [0.25, 0.3) is 10.8 Å². The molecule has 1 heterocycles. The van der Waals surface area contributed by atoms with Crippen molar-refractivity contribution in [3.05, 3.63) is 40.2 Å². The van der Waals surface area contributed by atoms with Crippen LogP contribution in [-0.2, 0) is 6.42 Å². The first-order valence-corrected chi connectivity index (χ1v) is 9.55. The zero-order chi connectivity index (χ0) is 18.1. The number of aryl methyl sites for hydroxylation is 1. The van der Waals surface area contributed by atoms with Gasteiger partial charge in [0.2, 0.25) is 0 Å². The highest BCUT2D eigenvalue weighted by Crippen LogP contribution is 2.25. The van der Waals surface area contributed by atoms with Gasteiger partial charge in [-0.2, -0.15) is 0 Å². The first-order chi connectivity index (χ1) is 12.2. The second-order valence-corrected chi connectivity index (χ2v) is 6.50. The maximum absolute atomic E-state index is 14.3. The molecule has 0 spiro atoms. The normalized spacial score (nSPS) is 11.2.